The summed E-state index contributed by atoms with van der Waals surface area (Å²) in [5, 5.41) is 9.07. The number of pyridine rings is 1. The van der Waals surface area contributed by atoms with Crippen molar-refractivity contribution >= 4 is 27.0 Å². The van der Waals surface area contributed by atoms with Crippen molar-refractivity contribution < 1.29 is 22.7 Å². The van der Waals surface area contributed by atoms with Crippen molar-refractivity contribution in [3.05, 3.63) is 71.9 Å². The van der Waals surface area contributed by atoms with Gasteiger partial charge in [-0.25, -0.2) is 12.4 Å². The third-order valence-corrected chi connectivity index (χ3v) is 6.73. The number of nitrogens with zero attached hydrogens (tertiary/aromatic N) is 2. The molecule has 0 aliphatic rings. The second kappa shape index (κ2) is 7.46. The Hall–Kier alpha value is -3.39. The molecule has 0 bridgehead atoms. The molecule has 0 aliphatic carbocycles. The highest BCUT2D eigenvalue weighted by atomic mass is 32.2. The zero-order valence-electron chi connectivity index (χ0n) is 16.5. The van der Waals surface area contributed by atoms with Gasteiger partial charge in [0.05, 0.1) is 22.2 Å². The summed E-state index contributed by atoms with van der Waals surface area (Å²) in [5.74, 6) is -0.244. The minimum Gasteiger partial charge on any atom is -0.481 e. The van der Waals surface area contributed by atoms with E-state index in [4.69, 9.17) is 9.52 Å². The fraction of sp³-hybridized carbons (Fsp3) is 0.182. The van der Waals surface area contributed by atoms with Gasteiger partial charge >= 0.3 is 5.97 Å². The maximum atomic E-state index is 13.3. The van der Waals surface area contributed by atoms with Crippen molar-refractivity contribution in [2.45, 2.75) is 31.6 Å². The molecule has 0 saturated heterocycles. The van der Waals surface area contributed by atoms with Crippen molar-refractivity contribution in [1.29, 1.82) is 0 Å². The quantitative estimate of drug-likeness (QED) is 0.498. The lowest BCUT2D eigenvalue weighted by atomic mass is 10.0. The molecule has 0 radical (unpaired) electrons. The van der Waals surface area contributed by atoms with Crippen LogP contribution in [0.2, 0.25) is 0 Å². The van der Waals surface area contributed by atoms with E-state index < -0.39 is 16.0 Å². The summed E-state index contributed by atoms with van der Waals surface area (Å²) in [5.41, 5.74) is 3.96. The molecule has 4 rings (SSSR count). The molecule has 3 aromatic heterocycles. The SMILES string of the molecule is Cc1coc(C)c1-c1cnc2c(CCC(=O)O)cn(S(=O)(=O)c3ccccc3)c2c1. The summed E-state index contributed by atoms with van der Waals surface area (Å²) in [6, 6.07) is 9.88. The maximum absolute atomic E-state index is 13.3. The minimum atomic E-state index is -3.88. The normalized spacial score (nSPS) is 11.8. The van der Waals surface area contributed by atoms with Crippen LogP contribution in [-0.2, 0) is 21.2 Å². The molecule has 1 N–H and O–H groups in total. The predicted octanol–water partition coefficient (Wildman–Crippen LogP) is 4.17. The van der Waals surface area contributed by atoms with Crippen molar-refractivity contribution in [3.8, 4) is 11.1 Å². The Morgan fingerprint density at radius 3 is 2.57 bits per heavy atom. The zero-order chi connectivity index (χ0) is 21.5. The van der Waals surface area contributed by atoms with E-state index in [9.17, 15) is 13.2 Å². The van der Waals surface area contributed by atoms with Gasteiger partial charge in [0.1, 0.15) is 5.76 Å². The van der Waals surface area contributed by atoms with Crippen LogP contribution in [0.25, 0.3) is 22.2 Å². The molecule has 3 heterocycles. The van der Waals surface area contributed by atoms with E-state index in [2.05, 4.69) is 4.98 Å². The first-order valence-corrected chi connectivity index (χ1v) is 10.8. The number of aryl methyl sites for hydroxylation is 3. The van der Waals surface area contributed by atoms with Gasteiger partial charge < -0.3 is 9.52 Å². The van der Waals surface area contributed by atoms with Gasteiger partial charge in [-0.15, -0.1) is 0 Å². The van der Waals surface area contributed by atoms with Crippen molar-refractivity contribution in [1.82, 2.24) is 8.96 Å². The van der Waals surface area contributed by atoms with Crippen LogP contribution < -0.4 is 0 Å². The largest absolute Gasteiger partial charge is 0.481 e. The molecule has 30 heavy (non-hydrogen) atoms. The van der Waals surface area contributed by atoms with Crippen LogP contribution >= 0.6 is 0 Å². The number of hydrogen-bond donors (Lipinski definition) is 1. The number of fused-ring (bicyclic) bond motifs is 1. The number of aromatic nitrogens is 2. The molecular formula is C22H20N2O5S. The van der Waals surface area contributed by atoms with Gasteiger partial charge in [-0.3, -0.25) is 9.78 Å². The molecule has 4 aromatic rings. The smallest absolute Gasteiger partial charge is 0.303 e. The zero-order valence-corrected chi connectivity index (χ0v) is 17.3. The molecule has 0 atom stereocenters. The van der Waals surface area contributed by atoms with Gasteiger partial charge in [0.2, 0.25) is 0 Å². The van der Waals surface area contributed by atoms with Crippen LogP contribution in [-0.4, -0.2) is 28.5 Å². The van der Waals surface area contributed by atoms with Gasteiger partial charge in [0.25, 0.3) is 10.0 Å². The average Bonchev–Trinajstić information content (AvgIpc) is 3.26. The summed E-state index contributed by atoms with van der Waals surface area (Å²) in [7, 11) is -3.88. The first-order valence-electron chi connectivity index (χ1n) is 9.36. The van der Waals surface area contributed by atoms with E-state index >= 15 is 0 Å². The number of carboxylic acid groups (broad SMARTS) is 1. The summed E-state index contributed by atoms with van der Waals surface area (Å²) < 4.78 is 33.3. The summed E-state index contributed by atoms with van der Waals surface area (Å²) in [4.78, 5) is 15.7. The second-order valence-electron chi connectivity index (χ2n) is 7.10. The number of rotatable bonds is 6. The Labute approximate surface area is 173 Å². The second-order valence-corrected chi connectivity index (χ2v) is 8.92. The van der Waals surface area contributed by atoms with Crippen LogP contribution in [0.1, 0.15) is 23.3 Å². The fourth-order valence-corrected chi connectivity index (χ4v) is 5.00. The van der Waals surface area contributed by atoms with Crippen LogP contribution in [0.3, 0.4) is 0 Å². The molecule has 7 nitrogen and oxygen atoms in total. The van der Waals surface area contributed by atoms with E-state index in [0.29, 0.717) is 22.4 Å². The van der Waals surface area contributed by atoms with E-state index in [1.807, 2.05) is 13.8 Å². The van der Waals surface area contributed by atoms with Crippen LogP contribution in [0, 0.1) is 13.8 Å². The van der Waals surface area contributed by atoms with Gasteiger partial charge in [-0.1, -0.05) is 18.2 Å². The highest BCUT2D eigenvalue weighted by molar-refractivity contribution is 7.90. The molecule has 0 fully saturated rings. The molecular weight excluding hydrogens is 404 g/mol. The summed E-state index contributed by atoms with van der Waals surface area (Å²) in [6.45, 7) is 3.75. The third kappa shape index (κ3) is 3.39. The van der Waals surface area contributed by atoms with E-state index in [1.54, 1.807) is 36.7 Å². The number of benzene rings is 1. The van der Waals surface area contributed by atoms with Crippen molar-refractivity contribution in [2.24, 2.45) is 0 Å². The van der Waals surface area contributed by atoms with E-state index in [0.717, 1.165) is 16.7 Å². The molecule has 0 unspecified atom stereocenters. The Balaban J connectivity index is 1.96. The lowest BCUT2D eigenvalue weighted by Crippen LogP contribution is -2.11. The predicted molar refractivity (Wildman–Crippen MR) is 112 cm³/mol. The Kier molecular flexibility index (Phi) is 4.95. The monoisotopic (exact) mass is 424 g/mol. The standard InChI is InChI=1S/C22H20N2O5S/c1-14-13-29-15(2)21(14)17-10-19-22(23-11-17)16(8-9-20(25)26)12-24(19)30(27,28)18-6-4-3-5-7-18/h3-7,10-13H,8-9H2,1-2H3,(H,25,26). The Morgan fingerprint density at radius 2 is 1.93 bits per heavy atom. The van der Waals surface area contributed by atoms with Gasteiger partial charge in [0, 0.05) is 29.9 Å². The van der Waals surface area contributed by atoms with Gasteiger partial charge in [-0.2, -0.15) is 0 Å². The number of furan rings is 1. The summed E-state index contributed by atoms with van der Waals surface area (Å²) >= 11 is 0. The lowest BCUT2D eigenvalue weighted by molar-refractivity contribution is -0.136. The highest BCUT2D eigenvalue weighted by Gasteiger charge is 2.23. The first-order chi connectivity index (χ1) is 14.3. The topological polar surface area (TPSA) is 102 Å². The molecule has 8 heteroatoms. The number of aliphatic carboxylic acids is 1. The highest BCUT2D eigenvalue weighted by Crippen LogP contribution is 2.33. The van der Waals surface area contributed by atoms with E-state index in [-0.39, 0.29) is 17.7 Å². The van der Waals surface area contributed by atoms with Crippen molar-refractivity contribution in [3.63, 3.8) is 0 Å². The maximum Gasteiger partial charge on any atom is 0.303 e. The van der Waals surface area contributed by atoms with Crippen LogP contribution in [0.4, 0.5) is 0 Å². The van der Waals surface area contributed by atoms with Crippen LogP contribution in [0.5, 0.6) is 0 Å². The van der Waals surface area contributed by atoms with Crippen LogP contribution in [0.15, 0.2) is 64.4 Å². The fourth-order valence-electron chi connectivity index (χ4n) is 3.61. The molecule has 154 valence electrons. The molecule has 1 aromatic carbocycles. The first kappa shape index (κ1) is 19.9. The Morgan fingerprint density at radius 1 is 1.20 bits per heavy atom. The number of carboxylic acids is 1. The molecule has 0 amide bonds. The lowest BCUT2D eigenvalue weighted by Gasteiger charge is -2.08. The molecule has 0 spiro atoms. The number of hydrogen-bond acceptors (Lipinski definition) is 5. The minimum absolute atomic E-state index is 0.117. The number of carbonyl (C=O) groups is 1. The summed E-state index contributed by atoms with van der Waals surface area (Å²) in [6.07, 6.45) is 4.85. The average molecular weight is 424 g/mol. The third-order valence-electron chi connectivity index (χ3n) is 5.04. The molecule has 0 saturated carbocycles. The van der Waals surface area contributed by atoms with Gasteiger partial charge in [0.15, 0.2) is 0 Å². The molecule has 0 aliphatic heterocycles. The van der Waals surface area contributed by atoms with Gasteiger partial charge in [-0.05, 0) is 49.6 Å². The van der Waals surface area contributed by atoms with Crippen molar-refractivity contribution in [2.75, 3.05) is 0 Å². The van der Waals surface area contributed by atoms with E-state index in [1.165, 1.54) is 22.3 Å². The Bertz CT molecular complexity index is 1330.